The van der Waals surface area contributed by atoms with Gasteiger partial charge in [-0.3, -0.25) is 25.1 Å². The third-order valence-corrected chi connectivity index (χ3v) is 4.65. The van der Waals surface area contributed by atoms with E-state index in [1.165, 1.54) is 24.3 Å². The Labute approximate surface area is 174 Å². The van der Waals surface area contributed by atoms with E-state index >= 15 is 0 Å². The van der Waals surface area contributed by atoms with Crippen LogP contribution in [0.1, 0.15) is 10.4 Å². The van der Waals surface area contributed by atoms with Crippen molar-refractivity contribution in [2.24, 2.45) is 0 Å². The number of halogens is 1. The summed E-state index contributed by atoms with van der Waals surface area (Å²) in [6.07, 6.45) is 0. The van der Waals surface area contributed by atoms with Gasteiger partial charge in [-0.1, -0.05) is 48.0 Å². The zero-order chi connectivity index (χ0) is 21.3. The number of nitro groups is 1. The van der Waals surface area contributed by atoms with Crippen molar-refractivity contribution >= 4 is 34.1 Å². The molecule has 0 aliphatic heterocycles. The molecule has 8 nitrogen and oxygen atoms in total. The van der Waals surface area contributed by atoms with E-state index in [1.807, 2.05) is 0 Å². The van der Waals surface area contributed by atoms with Crippen LogP contribution in [0.15, 0.2) is 77.6 Å². The fourth-order valence-electron chi connectivity index (χ4n) is 3.04. The number of rotatable bonds is 4. The lowest BCUT2D eigenvalue weighted by Gasteiger charge is -2.15. The summed E-state index contributed by atoms with van der Waals surface area (Å²) in [4.78, 5) is 41.1. The minimum absolute atomic E-state index is 0.146. The summed E-state index contributed by atoms with van der Waals surface area (Å²) in [7, 11) is 0. The summed E-state index contributed by atoms with van der Waals surface area (Å²) >= 11 is 6.08. The normalized spacial score (nSPS) is 10.7. The Balaban J connectivity index is 1.91. The topological polar surface area (TPSA) is 107 Å². The Kier molecular flexibility index (Phi) is 4.99. The number of nitrogens with zero attached hydrogens (tertiary/aromatic N) is 3. The SMILES string of the molecule is O=C(Nn1c(-c2cccc(Cl)c2)nc2ccccc2c1=O)c1ccccc1[N+](=O)[O-]. The molecule has 30 heavy (non-hydrogen) atoms. The van der Waals surface area contributed by atoms with E-state index in [1.54, 1.807) is 48.5 Å². The van der Waals surface area contributed by atoms with Crippen molar-refractivity contribution in [1.29, 1.82) is 0 Å². The van der Waals surface area contributed by atoms with Gasteiger partial charge in [0.1, 0.15) is 5.56 Å². The molecule has 4 rings (SSSR count). The van der Waals surface area contributed by atoms with Crippen LogP contribution in [0.4, 0.5) is 5.69 Å². The van der Waals surface area contributed by atoms with Crippen LogP contribution >= 0.6 is 11.6 Å². The van der Waals surface area contributed by atoms with E-state index < -0.39 is 16.4 Å². The van der Waals surface area contributed by atoms with Crippen LogP contribution in [0.25, 0.3) is 22.3 Å². The van der Waals surface area contributed by atoms with Crippen LogP contribution in [0.2, 0.25) is 5.02 Å². The van der Waals surface area contributed by atoms with E-state index in [4.69, 9.17) is 11.6 Å². The molecule has 1 aromatic heterocycles. The second-order valence-electron chi connectivity index (χ2n) is 6.32. The summed E-state index contributed by atoms with van der Waals surface area (Å²) in [5.41, 5.74) is 2.31. The molecule has 3 aromatic carbocycles. The highest BCUT2D eigenvalue weighted by Crippen LogP contribution is 2.23. The maximum atomic E-state index is 13.1. The number of para-hydroxylation sites is 2. The molecule has 1 amide bonds. The smallest absolute Gasteiger partial charge is 0.267 e. The van der Waals surface area contributed by atoms with E-state index in [-0.39, 0.29) is 22.5 Å². The number of amides is 1. The molecule has 1 heterocycles. The lowest BCUT2D eigenvalue weighted by atomic mass is 10.1. The number of carbonyl (C=O) groups excluding carboxylic acids is 1. The first-order valence-corrected chi connectivity index (χ1v) is 9.16. The van der Waals surface area contributed by atoms with Crippen LogP contribution in [-0.2, 0) is 0 Å². The third kappa shape index (κ3) is 3.51. The van der Waals surface area contributed by atoms with Crippen LogP contribution in [0.3, 0.4) is 0 Å². The monoisotopic (exact) mass is 420 g/mol. The molecule has 0 aliphatic carbocycles. The molecule has 0 fully saturated rings. The van der Waals surface area contributed by atoms with Crippen molar-refractivity contribution < 1.29 is 9.72 Å². The summed E-state index contributed by atoms with van der Waals surface area (Å²) in [6, 6.07) is 18.8. The largest absolute Gasteiger partial charge is 0.282 e. The van der Waals surface area contributed by atoms with Gasteiger partial charge in [0.15, 0.2) is 5.82 Å². The molecule has 0 aliphatic rings. The summed E-state index contributed by atoms with van der Waals surface area (Å²) in [5, 5.41) is 12.0. The van der Waals surface area contributed by atoms with Crippen molar-refractivity contribution in [3.05, 3.63) is 104 Å². The highest BCUT2D eigenvalue weighted by atomic mass is 35.5. The number of fused-ring (bicyclic) bond motifs is 1. The van der Waals surface area contributed by atoms with E-state index in [0.717, 1.165) is 4.68 Å². The minimum atomic E-state index is -0.815. The molecule has 148 valence electrons. The molecule has 0 atom stereocenters. The van der Waals surface area contributed by atoms with Crippen molar-refractivity contribution in [3.8, 4) is 11.4 Å². The Morgan fingerprint density at radius 2 is 1.77 bits per heavy atom. The van der Waals surface area contributed by atoms with Crippen molar-refractivity contribution in [2.75, 3.05) is 5.43 Å². The average molecular weight is 421 g/mol. The number of nitro benzene ring substituents is 1. The van der Waals surface area contributed by atoms with Gasteiger partial charge in [-0.2, -0.15) is 4.68 Å². The van der Waals surface area contributed by atoms with Gasteiger partial charge in [0, 0.05) is 16.7 Å². The molecule has 0 bridgehead atoms. The minimum Gasteiger partial charge on any atom is -0.267 e. The van der Waals surface area contributed by atoms with E-state index in [2.05, 4.69) is 10.4 Å². The maximum Gasteiger partial charge on any atom is 0.282 e. The van der Waals surface area contributed by atoms with Gasteiger partial charge in [0.25, 0.3) is 17.2 Å². The van der Waals surface area contributed by atoms with Crippen LogP contribution in [-0.4, -0.2) is 20.5 Å². The summed E-state index contributed by atoms with van der Waals surface area (Å²) < 4.78 is 0.979. The second kappa shape index (κ2) is 7.76. The quantitative estimate of drug-likeness (QED) is 0.396. The van der Waals surface area contributed by atoms with Gasteiger partial charge < -0.3 is 0 Å². The number of aromatic nitrogens is 2. The first kappa shape index (κ1) is 19.3. The maximum absolute atomic E-state index is 13.1. The van der Waals surface area contributed by atoms with Gasteiger partial charge in [-0.25, -0.2) is 4.98 Å². The number of benzene rings is 3. The highest BCUT2D eigenvalue weighted by Gasteiger charge is 2.22. The van der Waals surface area contributed by atoms with Crippen LogP contribution < -0.4 is 11.0 Å². The van der Waals surface area contributed by atoms with Crippen LogP contribution in [0.5, 0.6) is 0 Å². The first-order chi connectivity index (χ1) is 14.5. The number of carbonyl (C=O) groups is 1. The Bertz CT molecular complexity index is 1370. The molecule has 0 saturated carbocycles. The van der Waals surface area contributed by atoms with E-state index in [9.17, 15) is 19.7 Å². The molecule has 0 saturated heterocycles. The zero-order valence-corrected chi connectivity index (χ0v) is 16.0. The molecule has 1 N–H and O–H groups in total. The molecule has 4 aromatic rings. The predicted octanol–water partition coefficient (Wildman–Crippen LogP) is 4.01. The Morgan fingerprint density at radius 1 is 1.03 bits per heavy atom. The van der Waals surface area contributed by atoms with Gasteiger partial charge >= 0.3 is 0 Å². The van der Waals surface area contributed by atoms with Gasteiger partial charge in [0.05, 0.1) is 15.8 Å². The Hall–Kier alpha value is -4.04. The van der Waals surface area contributed by atoms with Crippen molar-refractivity contribution in [3.63, 3.8) is 0 Å². The fourth-order valence-corrected chi connectivity index (χ4v) is 3.23. The average Bonchev–Trinajstić information content (AvgIpc) is 2.75. The highest BCUT2D eigenvalue weighted by molar-refractivity contribution is 6.30. The third-order valence-electron chi connectivity index (χ3n) is 4.42. The molecule has 0 radical (unpaired) electrons. The van der Waals surface area contributed by atoms with Crippen LogP contribution in [0, 0.1) is 10.1 Å². The van der Waals surface area contributed by atoms with Crippen molar-refractivity contribution in [1.82, 2.24) is 9.66 Å². The molecule has 0 unspecified atom stereocenters. The van der Waals surface area contributed by atoms with Gasteiger partial charge in [-0.05, 0) is 30.3 Å². The summed E-state index contributed by atoms with van der Waals surface area (Å²) in [6.45, 7) is 0. The van der Waals surface area contributed by atoms with Crippen molar-refractivity contribution in [2.45, 2.75) is 0 Å². The fraction of sp³-hybridized carbons (Fsp3) is 0. The second-order valence-corrected chi connectivity index (χ2v) is 6.76. The molecular weight excluding hydrogens is 408 g/mol. The molecular formula is C21H13ClN4O4. The number of hydrogen-bond acceptors (Lipinski definition) is 5. The van der Waals surface area contributed by atoms with E-state index in [0.29, 0.717) is 16.1 Å². The van der Waals surface area contributed by atoms with Gasteiger partial charge in [0.2, 0.25) is 0 Å². The number of hydrogen-bond donors (Lipinski definition) is 1. The summed E-state index contributed by atoms with van der Waals surface area (Å²) in [5.74, 6) is -0.669. The lowest BCUT2D eigenvalue weighted by molar-refractivity contribution is -0.385. The zero-order valence-electron chi connectivity index (χ0n) is 15.3. The lowest BCUT2D eigenvalue weighted by Crippen LogP contribution is -2.35. The Morgan fingerprint density at radius 3 is 2.53 bits per heavy atom. The first-order valence-electron chi connectivity index (χ1n) is 8.78. The molecule has 9 heteroatoms. The number of nitrogens with one attached hydrogen (secondary N) is 1. The van der Waals surface area contributed by atoms with Gasteiger partial charge in [-0.15, -0.1) is 0 Å². The predicted molar refractivity (Wildman–Crippen MR) is 113 cm³/mol. The standard InChI is InChI=1S/C21H13ClN4O4/c22-14-7-5-6-13(12-14)19-23-17-10-3-1-8-15(17)21(28)25(19)24-20(27)16-9-2-4-11-18(16)26(29)30/h1-12H,(H,24,27). The molecule has 0 spiro atoms.